The van der Waals surface area contributed by atoms with Gasteiger partial charge in [-0.1, -0.05) is 41.5 Å². The molecule has 1 radical (unpaired) electrons. The van der Waals surface area contributed by atoms with Crippen LogP contribution in [0.2, 0.25) is 0 Å². The number of nitrogens with zero attached hydrogens (tertiary/aromatic N) is 3. The number of rotatable bonds is 4. The number of aryl methyl sites for hydroxylation is 2. The van der Waals surface area contributed by atoms with E-state index in [1.807, 2.05) is 56.3 Å². The largest absolute Gasteiger partial charge is 2.00 e. The zero-order valence-corrected chi connectivity index (χ0v) is 19.8. The minimum absolute atomic E-state index is 0. The molecule has 3 nitrogen and oxygen atoms in total. The molecule has 0 unspecified atom stereocenters. The van der Waals surface area contributed by atoms with Gasteiger partial charge in [0, 0.05) is 0 Å². The number of hydrogen-bond acceptors (Lipinski definition) is 3. The summed E-state index contributed by atoms with van der Waals surface area (Å²) in [5, 5.41) is 0. The van der Waals surface area contributed by atoms with Gasteiger partial charge in [0.15, 0.2) is 0 Å². The quantitative estimate of drug-likeness (QED) is 0.502. The Labute approximate surface area is 197 Å². The molecule has 29 heavy (non-hydrogen) atoms. The first kappa shape index (κ1) is 27.1. The van der Waals surface area contributed by atoms with E-state index in [2.05, 4.69) is 48.1 Å². The van der Waals surface area contributed by atoms with Crippen molar-refractivity contribution in [1.82, 2.24) is 4.98 Å². The van der Waals surface area contributed by atoms with Crippen molar-refractivity contribution in [3.05, 3.63) is 89.2 Å². The second-order valence-electron chi connectivity index (χ2n) is 6.47. The molecule has 0 aliphatic rings. The molecular weight excluding hydrogens is 440 g/mol. The molecule has 0 fully saturated rings. The maximum Gasteiger partial charge on any atom is 2.00 e. The zero-order chi connectivity index (χ0) is 18.5. The van der Waals surface area contributed by atoms with E-state index in [9.17, 15) is 0 Å². The van der Waals surface area contributed by atoms with Gasteiger partial charge in [0.1, 0.15) is 0 Å². The van der Waals surface area contributed by atoms with E-state index in [0.29, 0.717) is 0 Å². The molecule has 0 atom stereocenters. The molecule has 6 heteroatoms. The molecule has 3 rings (SSSR count). The summed E-state index contributed by atoms with van der Waals surface area (Å²) in [5.41, 5.74) is 7.82. The summed E-state index contributed by atoms with van der Waals surface area (Å²) in [5.74, 6) is 0. The van der Waals surface area contributed by atoms with Gasteiger partial charge in [0.05, 0.1) is 34.2 Å². The van der Waals surface area contributed by atoms with Gasteiger partial charge in [-0.3, -0.25) is 9.98 Å². The van der Waals surface area contributed by atoms with Gasteiger partial charge in [-0.25, -0.2) is 4.98 Å². The Hall–Kier alpha value is -1.91. The summed E-state index contributed by atoms with van der Waals surface area (Å²) in [7, 11) is 0. The van der Waals surface area contributed by atoms with Gasteiger partial charge in [0.25, 0.3) is 0 Å². The Morgan fingerprint density at radius 3 is 1.31 bits per heavy atom. The first-order valence-corrected chi connectivity index (χ1v) is 8.73. The Balaban J connectivity index is 0.00000261. The van der Waals surface area contributed by atoms with E-state index in [1.54, 1.807) is 0 Å². The Morgan fingerprint density at radius 1 is 0.621 bits per heavy atom. The average Bonchev–Trinajstić information content (AvgIpc) is 2.65. The second kappa shape index (κ2) is 12.6. The van der Waals surface area contributed by atoms with Crippen LogP contribution in [-0.4, -0.2) is 16.4 Å². The van der Waals surface area contributed by atoms with Gasteiger partial charge in [-0.2, -0.15) is 0 Å². The van der Waals surface area contributed by atoms with E-state index in [0.717, 1.165) is 34.2 Å². The molecule has 3 aromatic rings. The van der Waals surface area contributed by atoms with E-state index in [4.69, 9.17) is 4.98 Å². The van der Waals surface area contributed by atoms with E-state index >= 15 is 0 Å². The van der Waals surface area contributed by atoms with Crippen LogP contribution in [0.1, 0.15) is 36.4 Å². The molecule has 0 N–H and O–H groups in total. The molecule has 0 saturated heterocycles. The summed E-state index contributed by atoms with van der Waals surface area (Å²) in [6.07, 6.45) is 0. The van der Waals surface area contributed by atoms with Crippen molar-refractivity contribution in [3.8, 4) is 0 Å². The van der Waals surface area contributed by atoms with Crippen molar-refractivity contribution in [2.45, 2.75) is 27.7 Å². The summed E-state index contributed by atoms with van der Waals surface area (Å²) >= 11 is 0. The SMILES string of the molecule is CC(=Nc1ccc(C)cc1)c1cccc(C(C)=Nc2ccc(C)cc2)n1.[Cl-].[Cl-].[V+2]. The van der Waals surface area contributed by atoms with Crippen LogP contribution in [0.3, 0.4) is 0 Å². The average molecular weight is 463 g/mol. The Kier molecular flexibility index (Phi) is 11.8. The van der Waals surface area contributed by atoms with Gasteiger partial charge in [-0.05, 0) is 64.1 Å². The van der Waals surface area contributed by atoms with Crippen molar-refractivity contribution in [3.63, 3.8) is 0 Å². The molecule has 0 aliphatic heterocycles. The van der Waals surface area contributed by atoms with Crippen LogP contribution in [0, 0.1) is 13.8 Å². The molecule has 149 valence electrons. The van der Waals surface area contributed by atoms with Crippen LogP contribution >= 0.6 is 0 Å². The summed E-state index contributed by atoms with van der Waals surface area (Å²) in [6.45, 7) is 8.11. The summed E-state index contributed by atoms with van der Waals surface area (Å²) in [4.78, 5) is 14.1. The van der Waals surface area contributed by atoms with Crippen molar-refractivity contribution < 1.29 is 43.4 Å². The van der Waals surface area contributed by atoms with Crippen molar-refractivity contribution in [2.24, 2.45) is 9.98 Å². The van der Waals surface area contributed by atoms with Gasteiger partial charge in [-0.15, -0.1) is 0 Å². The number of hydrogen-bond donors (Lipinski definition) is 0. The van der Waals surface area contributed by atoms with Gasteiger partial charge >= 0.3 is 18.6 Å². The van der Waals surface area contributed by atoms with Crippen LogP contribution < -0.4 is 24.8 Å². The fraction of sp³-hybridized carbons (Fsp3) is 0.174. The minimum Gasteiger partial charge on any atom is -1.00 e. The summed E-state index contributed by atoms with van der Waals surface area (Å²) in [6, 6.07) is 22.3. The molecule has 0 bridgehead atoms. The molecule has 0 saturated carbocycles. The van der Waals surface area contributed by atoms with Crippen molar-refractivity contribution in [2.75, 3.05) is 0 Å². The van der Waals surface area contributed by atoms with Crippen LogP contribution in [-0.2, 0) is 18.6 Å². The smallest absolute Gasteiger partial charge is 1.00 e. The maximum absolute atomic E-state index is 4.74. The number of pyridine rings is 1. The van der Waals surface area contributed by atoms with Crippen LogP contribution in [0.4, 0.5) is 11.4 Å². The standard InChI is InChI=1S/C23H23N3.2ClH.V/c1-16-8-12-20(13-9-16)24-18(3)22-6-5-7-23(26-22)19(4)25-21-14-10-17(2)11-15-21;;;/h5-15H,1-4H3;2*1H;/q;;;+2/p-2. The monoisotopic (exact) mass is 462 g/mol. The van der Waals surface area contributed by atoms with Crippen LogP contribution in [0.25, 0.3) is 0 Å². The van der Waals surface area contributed by atoms with E-state index in [1.165, 1.54) is 11.1 Å². The number of benzene rings is 2. The van der Waals surface area contributed by atoms with E-state index < -0.39 is 0 Å². The normalized spacial score (nSPS) is 11.0. The number of halogens is 2. The molecular formula is C23H23Cl2N3V. The molecule has 1 aromatic heterocycles. The third kappa shape index (κ3) is 7.79. The van der Waals surface area contributed by atoms with Crippen LogP contribution in [0.5, 0.6) is 0 Å². The Morgan fingerprint density at radius 2 is 0.966 bits per heavy atom. The molecule has 1 heterocycles. The molecule has 2 aromatic carbocycles. The predicted octanol–water partition coefficient (Wildman–Crippen LogP) is -0.0147. The second-order valence-corrected chi connectivity index (χ2v) is 6.47. The molecule has 0 amide bonds. The minimum atomic E-state index is 0. The topological polar surface area (TPSA) is 37.6 Å². The fourth-order valence-electron chi connectivity index (χ4n) is 2.58. The van der Waals surface area contributed by atoms with Gasteiger partial charge < -0.3 is 24.8 Å². The molecule has 0 aliphatic carbocycles. The van der Waals surface area contributed by atoms with E-state index in [-0.39, 0.29) is 43.4 Å². The van der Waals surface area contributed by atoms with Crippen molar-refractivity contribution >= 4 is 22.8 Å². The fourth-order valence-corrected chi connectivity index (χ4v) is 2.58. The third-order valence-corrected chi connectivity index (χ3v) is 4.15. The first-order chi connectivity index (χ1) is 12.5. The third-order valence-electron chi connectivity index (χ3n) is 4.15. The zero-order valence-electron chi connectivity index (χ0n) is 16.9. The first-order valence-electron chi connectivity index (χ1n) is 8.73. The predicted molar refractivity (Wildman–Crippen MR) is 110 cm³/mol. The van der Waals surface area contributed by atoms with Gasteiger partial charge in [0.2, 0.25) is 0 Å². The maximum atomic E-state index is 4.74. The summed E-state index contributed by atoms with van der Waals surface area (Å²) < 4.78 is 0. The molecule has 0 spiro atoms. The number of aromatic nitrogens is 1. The van der Waals surface area contributed by atoms with Crippen molar-refractivity contribution in [1.29, 1.82) is 0 Å². The number of aliphatic imine (C=N–C) groups is 2. The Bertz CT molecular complexity index is 889. The van der Waals surface area contributed by atoms with Crippen LogP contribution in [0.15, 0.2) is 76.7 Å².